The number of hydrogen-bond acceptors (Lipinski definition) is 12. The van der Waals surface area contributed by atoms with Crippen LogP contribution in [0.1, 0.15) is 120 Å². The third-order valence-corrected chi connectivity index (χ3v) is 17.7. The van der Waals surface area contributed by atoms with Gasteiger partial charge in [0.05, 0.1) is 24.7 Å². The molecular formula is C44H71NO13. The lowest BCUT2D eigenvalue weighted by Crippen LogP contribution is -2.69. The minimum atomic E-state index is -1.76. The molecule has 0 unspecified atom stereocenters. The first-order valence-electron chi connectivity index (χ1n) is 21.8. The third-order valence-electron chi connectivity index (χ3n) is 17.7. The van der Waals surface area contributed by atoms with Crippen molar-refractivity contribution in [3.63, 3.8) is 0 Å². The number of nitrogens with one attached hydrogen (secondary N) is 1. The quantitative estimate of drug-likeness (QED) is 0.130. The Morgan fingerprint density at radius 2 is 1.41 bits per heavy atom. The molecule has 14 nitrogen and oxygen atoms in total. The molecule has 18 atom stereocenters. The van der Waals surface area contributed by atoms with Gasteiger partial charge in [0.25, 0.3) is 0 Å². The van der Waals surface area contributed by atoms with Crippen LogP contribution < -0.4 is 5.32 Å². The van der Waals surface area contributed by atoms with E-state index in [1.165, 1.54) is 12.5 Å². The van der Waals surface area contributed by atoms with Crippen LogP contribution in [0.2, 0.25) is 0 Å². The van der Waals surface area contributed by atoms with Gasteiger partial charge in [-0.15, -0.1) is 0 Å². The normalized spacial score (nSPS) is 50.9. The highest BCUT2D eigenvalue weighted by atomic mass is 16.7. The molecule has 0 bridgehead atoms. The number of rotatable bonds is 8. The number of aliphatic carboxylic acids is 1. The SMILES string of the molecule is CC(=O)N[C@H]1[C@H](O[C@H]2CC[C@]3(C)[C@H]4CC=C5[C@H]6CC(C)(C)CC[C@]6(C(=O)O)CC[C@@]5(C)[C@]4(C)CC[C@H]3C2(C)C)O[C@H](CO)[C@@H](O)[C@@H]1O[C@@H]1O[C@H](CO)[C@@H](O)[C@H](O)[C@H]1O. The molecule has 0 aromatic carbocycles. The molecule has 58 heavy (non-hydrogen) atoms. The number of ether oxygens (including phenoxy) is 4. The Morgan fingerprint density at radius 1 is 0.776 bits per heavy atom. The minimum Gasteiger partial charge on any atom is -0.481 e. The summed E-state index contributed by atoms with van der Waals surface area (Å²) in [7, 11) is 0. The van der Waals surface area contributed by atoms with E-state index < -0.39 is 91.9 Å². The average Bonchev–Trinajstić information content (AvgIpc) is 3.14. The Hall–Kier alpha value is -1.72. The molecule has 7 rings (SSSR count). The molecule has 2 saturated heterocycles. The summed E-state index contributed by atoms with van der Waals surface area (Å²) in [6, 6.07) is -1.14. The van der Waals surface area contributed by atoms with Crippen molar-refractivity contribution >= 4 is 11.9 Å². The highest BCUT2D eigenvalue weighted by Crippen LogP contribution is 2.76. The second kappa shape index (κ2) is 15.3. The average molecular weight is 822 g/mol. The Bertz CT molecular complexity index is 1600. The summed E-state index contributed by atoms with van der Waals surface area (Å²) >= 11 is 0. The van der Waals surface area contributed by atoms with Gasteiger partial charge in [-0.25, -0.2) is 0 Å². The molecule has 5 aliphatic carbocycles. The zero-order chi connectivity index (χ0) is 42.5. The number of allylic oxidation sites excluding steroid dienone is 2. The molecule has 0 spiro atoms. The van der Waals surface area contributed by atoms with Crippen molar-refractivity contribution < 1.29 is 64.3 Å². The van der Waals surface area contributed by atoms with Crippen molar-refractivity contribution in [1.82, 2.24) is 5.32 Å². The van der Waals surface area contributed by atoms with Gasteiger partial charge in [-0.1, -0.05) is 60.1 Å². The monoisotopic (exact) mass is 821 g/mol. The molecular weight excluding hydrogens is 750 g/mol. The van der Waals surface area contributed by atoms with E-state index in [4.69, 9.17) is 18.9 Å². The molecule has 330 valence electrons. The minimum absolute atomic E-state index is 0.0270. The molecule has 1 amide bonds. The zero-order valence-corrected chi connectivity index (χ0v) is 35.7. The molecule has 2 aliphatic heterocycles. The van der Waals surface area contributed by atoms with Crippen LogP contribution >= 0.6 is 0 Å². The summed E-state index contributed by atoms with van der Waals surface area (Å²) in [5.74, 6) is -0.454. The fraction of sp³-hybridized carbons (Fsp3) is 0.909. The lowest BCUT2D eigenvalue weighted by molar-refractivity contribution is -0.353. The number of aliphatic hydroxyl groups is 6. The van der Waals surface area contributed by atoms with Crippen LogP contribution in [0.15, 0.2) is 11.6 Å². The van der Waals surface area contributed by atoms with Crippen molar-refractivity contribution in [3.8, 4) is 0 Å². The van der Waals surface area contributed by atoms with Crippen molar-refractivity contribution in [2.45, 2.75) is 187 Å². The first kappa shape index (κ1) is 44.3. The summed E-state index contributed by atoms with van der Waals surface area (Å²) in [4.78, 5) is 25.8. The van der Waals surface area contributed by atoms with Gasteiger partial charge in [-0.05, 0) is 109 Å². The highest BCUT2D eigenvalue weighted by molar-refractivity contribution is 5.76. The number of carbonyl (C=O) groups is 2. The summed E-state index contributed by atoms with van der Waals surface area (Å²) < 4.78 is 24.8. The first-order valence-corrected chi connectivity index (χ1v) is 21.8. The Labute approximate surface area is 343 Å². The van der Waals surface area contributed by atoms with Crippen LogP contribution in [0.4, 0.5) is 0 Å². The zero-order valence-electron chi connectivity index (χ0n) is 35.7. The summed E-state index contributed by atoms with van der Waals surface area (Å²) in [5.41, 5.74) is 0.206. The van der Waals surface area contributed by atoms with Gasteiger partial charge in [0.2, 0.25) is 5.91 Å². The first-order chi connectivity index (χ1) is 27.0. The number of carboxylic acids is 1. The topological polar surface area (TPSA) is 225 Å². The van der Waals surface area contributed by atoms with Crippen molar-refractivity contribution in [1.29, 1.82) is 0 Å². The van der Waals surface area contributed by atoms with E-state index >= 15 is 0 Å². The van der Waals surface area contributed by atoms with E-state index in [2.05, 4.69) is 59.9 Å². The molecule has 6 fully saturated rings. The highest BCUT2D eigenvalue weighted by Gasteiger charge is 2.69. The number of carbonyl (C=O) groups excluding carboxylic acids is 1. The molecule has 14 heteroatoms. The maximum Gasteiger partial charge on any atom is 0.310 e. The summed E-state index contributed by atoms with van der Waals surface area (Å²) in [6.07, 6.45) is -2.61. The van der Waals surface area contributed by atoms with Crippen LogP contribution in [0.25, 0.3) is 0 Å². The molecule has 0 aromatic heterocycles. The van der Waals surface area contributed by atoms with Crippen LogP contribution in [-0.4, -0.2) is 128 Å². The van der Waals surface area contributed by atoms with Crippen LogP contribution in [-0.2, 0) is 28.5 Å². The van der Waals surface area contributed by atoms with Crippen LogP contribution in [0, 0.1) is 50.2 Å². The largest absolute Gasteiger partial charge is 0.481 e. The van der Waals surface area contributed by atoms with Crippen molar-refractivity contribution in [2.24, 2.45) is 50.2 Å². The fourth-order valence-electron chi connectivity index (χ4n) is 14.1. The van der Waals surface area contributed by atoms with Crippen LogP contribution in [0.5, 0.6) is 0 Å². The van der Waals surface area contributed by atoms with Gasteiger partial charge in [-0.2, -0.15) is 0 Å². The van der Waals surface area contributed by atoms with Gasteiger partial charge in [0, 0.05) is 6.92 Å². The predicted octanol–water partition coefficient (Wildman–Crippen LogP) is 3.03. The second-order valence-corrected chi connectivity index (χ2v) is 21.4. The van der Waals surface area contributed by atoms with Crippen molar-refractivity contribution in [3.05, 3.63) is 11.6 Å². The Morgan fingerprint density at radius 3 is 2.05 bits per heavy atom. The van der Waals surface area contributed by atoms with Crippen LogP contribution in [0.3, 0.4) is 0 Å². The lowest BCUT2D eigenvalue weighted by Gasteiger charge is -2.71. The summed E-state index contributed by atoms with van der Waals surface area (Å²) in [6.45, 7) is 16.5. The summed E-state index contributed by atoms with van der Waals surface area (Å²) in [5, 5.41) is 76.6. The number of fused-ring (bicyclic) bond motifs is 7. The maximum absolute atomic E-state index is 13.1. The molecule has 4 saturated carbocycles. The molecule has 2 heterocycles. The molecule has 0 radical (unpaired) electrons. The van der Waals surface area contributed by atoms with E-state index in [0.29, 0.717) is 18.8 Å². The predicted molar refractivity (Wildman–Crippen MR) is 210 cm³/mol. The Balaban J connectivity index is 1.15. The second-order valence-electron chi connectivity index (χ2n) is 21.4. The van der Waals surface area contributed by atoms with Gasteiger partial charge in [-0.3, -0.25) is 9.59 Å². The maximum atomic E-state index is 13.1. The van der Waals surface area contributed by atoms with E-state index in [-0.39, 0.29) is 45.0 Å². The standard InChI is InChI=1S/C44H71NO13/c1-22(48)45-30-35(58-37-34(52)33(51)31(49)25(20-46)56-37)32(50)26(21-47)55-36(30)57-29-12-13-41(6)27(40(29,4)5)11-14-43(8)28(41)10-9-23-24-19-39(2,3)15-17-44(24,38(53)54)18-16-42(23,43)7/h9,24-37,46-47,49-52H,10-21H2,1-8H3,(H,45,48)(H,53,54)/t24-,25-,26-,27+,28-,29+,30-,31-,32-,33+,34-,35-,36+,37+,41+,42-,43-,44+/m1/s1. The number of amides is 1. The van der Waals surface area contributed by atoms with E-state index in [9.17, 15) is 45.3 Å². The fourth-order valence-corrected chi connectivity index (χ4v) is 14.1. The molecule has 8 N–H and O–H groups in total. The van der Waals surface area contributed by atoms with E-state index in [0.717, 1.165) is 51.4 Å². The van der Waals surface area contributed by atoms with E-state index in [1.54, 1.807) is 0 Å². The van der Waals surface area contributed by atoms with E-state index in [1.807, 2.05) is 0 Å². The molecule has 0 aromatic rings. The lowest BCUT2D eigenvalue weighted by atomic mass is 9.33. The van der Waals surface area contributed by atoms with Crippen molar-refractivity contribution in [2.75, 3.05) is 13.2 Å². The smallest absolute Gasteiger partial charge is 0.310 e. The number of carboxylic acid groups (broad SMARTS) is 1. The van der Waals surface area contributed by atoms with Gasteiger partial charge in [0.15, 0.2) is 12.6 Å². The molecule has 7 aliphatic rings. The Kier molecular flexibility index (Phi) is 11.7. The number of hydrogen-bond donors (Lipinski definition) is 8. The van der Waals surface area contributed by atoms with Gasteiger partial charge in [0.1, 0.15) is 48.8 Å². The van der Waals surface area contributed by atoms with Gasteiger partial charge < -0.3 is 60.0 Å². The number of aliphatic hydroxyl groups excluding tert-OH is 6. The third kappa shape index (κ3) is 6.73. The van der Waals surface area contributed by atoms with Gasteiger partial charge >= 0.3 is 5.97 Å².